The zero-order chi connectivity index (χ0) is 23.6. The highest BCUT2D eigenvalue weighted by atomic mass is 19.2. The number of nitrogens with zero attached hydrogens (tertiary/aromatic N) is 2. The molecule has 0 saturated heterocycles. The van der Waals surface area contributed by atoms with E-state index in [-0.39, 0.29) is 18.9 Å². The Morgan fingerprint density at radius 2 is 2.00 bits per heavy atom. The molecule has 1 saturated carbocycles. The lowest BCUT2D eigenvalue weighted by Gasteiger charge is -2.20. The minimum atomic E-state index is -1.06. The van der Waals surface area contributed by atoms with Crippen LogP contribution >= 0.6 is 0 Å². The third-order valence-electron chi connectivity index (χ3n) is 5.69. The van der Waals surface area contributed by atoms with Gasteiger partial charge in [0.1, 0.15) is 17.3 Å². The van der Waals surface area contributed by atoms with Gasteiger partial charge in [0, 0.05) is 24.3 Å². The second kappa shape index (κ2) is 9.19. The van der Waals surface area contributed by atoms with Gasteiger partial charge in [0.25, 0.3) is 0 Å². The van der Waals surface area contributed by atoms with E-state index in [0.29, 0.717) is 29.3 Å². The van der Waals surface area contributed by atoms with Crippen LogP contribution in [-0.2, 0) is 21.6 Å². The predicted molar refractivity (Wildman–Crippen MR) is 114 cm³/mol. The van der Waals surface area contributed by atoms with E-state index < -0.39 is 34.7 Å². The molecule has 0 bridgehead atoms. The average Bonchev–Trinajstić information content (AvgIpc) is 3.52. The number of halogens is 3. The van der Waals surface area contributed by atoms with Crippen LogP contribution in [0.2, 0.25) is 0 Å². The Labute approximate surface area is 188 Å². The number of hydrogen-bond acceptors (Lipinski definition) is 5. The summed E-state index contributed by atoms with van der Waals surface area (Å²) in [6.07, 6.45) is 1.92. The summed E-state index contributed by atoms with van der Waals surface area (Å²) in [5, 5.41) is 2.61. The van der Waals surface area contributed by atoms with Crippen molar-refractivity contribution in [1.82, 2.24) is 9.97 Å². The van der Waals surface area contributed by atoms with E-state index >= 15 is 0 Å². The topological polar surface area (TPSA) is 73.3 Å². The van der Waals surface area contributed by atoms with Gasteiger partial charge in [0.15, 0.2) is 17.4 Å². The molecule has 0 radical (unpaired) electrons. The van der Waals surface area contributed by atoms with Crippen molar-refractivity contribution in [2.75, 3.05) is 19.0 Å². The largest absolute Gasteiger partial charge is 0.489 e. The summed E-state index contributed by atoms with van der Waals surface area (Å²) < 4.78 is 51.9. The van der Waals surface area contributed by atoms with Crippen LogP contribution in [0.3, 0.4) is 0 Å². The Balaban J connectivity index is 1.58. The number of methoxy groups -OCH3 is 1. The number of carbonyl (C=O) groups excluding carboxylic acids is 1. The molecular weight excluding hydrogens is 435 g/mol. The van der Waals surface area contributed by atoms with Crippen LogP contribution in [0, 0.1) is 30.3 Å². The van der Waals surface area contributed by atoms with Crippen molar-refractivity contribution in [1.29, 1.82) is 0 Å². The van der Waals surface area contributed by atoms with Crippen LogP contribution in [0.25, 0.3) is 0 Å². The fourth-order valence-electron chi connectivity index (χ4n) is 3.89. The Morgan fingerprint density at radius 3 is 2.73 bits per heavy atom. The van der Waals surface area contributed by atoms with Crippen LogP contribution in [0.5, 0.6) is 5.75 Å². The quantitative estimate of drug-likeness (QED) is 0.545. The molecule has 0 aliphatic heterocycles. The van der Waals surface area contributed by atoms with Gasteiger partial charge in [-0.05, 0) is 43.2 Å². The Bertz CT molecular complexity index is 1190. The summed E-state index contributed by atoms with van der Waals surface area (Å²) in [6, 6.07) is 9.13. The molecule has 3 aromatic rings. The summed E-state index contributed by atoms with van der Waals surface area (Å²) in [4.78, 5) is 21.4. The van der Waals surface area contributed by atoms with E-state index in [1.165, 1.54) is 31.5 Å². The normalized spacial score (nSPS) is 19.2. The molecule has 1 aromatic heterocycles. The SMILES string of the molecule is COCc1nc(C)ncc1OC[C@@]1(c2cccc(F)c2)CC1C(=O)Nc1ccc(F)c(F)c1. The molecule has 1 heterocycles. The third kappa shape index (κ3) is 4.83. The summed E-state index contributed by atoms with van der Waals surface area (Å²) in [5.41, 5.74) is 0.492. The number of benzene rings is 2. The Hall–Kier alpha value is -3.46. The lowest BCUT2D eigenvalue weighted by Crippen LogP contribution is -2.27. The first-order valence-corrected chi connectivity index (χ1v) is 10.3. The highest BCUT2D eigenvalue weighted by Crippen LogP contribution is 2.55. The maximum Gasteiger partial charge on any atom is 0.228 e. The number of carbonyl (C=O) groups is 1. The predicted octanol–water partition coefficient (Wildman–Crippen LogP) is 4.32. The molecule has 9 heteroatoms. The lowest BCUT2D eigenvalue weighted by atomic mass is 9.93. The Kier molecular flexibility index (Phi) is 6.33. The monoisotopic (exact) mass is 457 g/mol. The molecule has 1 N–H and O–H groups in total. The van der Waals surface area contributed by atoms with Crippen molar-refractivity contribution in [3.05, 3.63) is 83.2 Å². The maximum absolute atomic E-state index is 14.0. The Morgan fingerprint density at radius 1 is 1.18 bits per heavy atom. The summed E-state index contributed by atoms with van der Waals surface area (Å²) in [6.45, 7) is 2.03. The van der Waals surface area contributed by atoms with Crippen molar-refractivity contribution in [2.45, 2.75) is 25.4 Å². The number of rotatable bonds is 8. The minimum absolute atomic E-state index is 0.0649. The maximum atomic E-state index is 14.0. The van der Waals surface area contributed by atoms with Crippen molar-refractivity contribution in [3.8, 4) is 5.75 Å². The molecule has 4 rings (SSSR count). The smallest absolute Gasteiger partial charge is 0.228 e. The molecule has 1 aliphatic carbocycles. The second-order valence-corrected chi connectivity index (χ2v) is 7.99. The molecule has 6 nitrogen and oxygen atoms in total. The van der Waals surface area contributed by atoms with Gasteiger partial charge >= 0.3 is 0 Å². The molecule has 1 amide bonds. The van der Waals surface area contributed by atoms with Crippen LogP contribution < -0.4 is 10.1 Å². The van der Waals surface area contributed by atoms with Crippen molar-refractivity contribution in [2.24, 2.45) is 5.92 Å². The van der Waals surface area contributed by atoms with Gasteiger partial charge in [0.2, 0.25) is 5.91 Å². The molecule has 1 unspecified atom stereocenters. The number of anilines is 1. The van der Waals surface area contributed by atoms with Gasteiger partial charge in [-0.3, -0.25) is 4.79 Å². The first-order chi connectivity index (χ1) is 15.8. The van der Waals surface area contributed by atoms with E-state index in [2.05, 4.69) is 15.3 Å². The van der Waals surface area contributed by atoms with Gasteiger partial charge < -0.3 is 14.8 Å². The molecular formula is C24H22F3N3O3. The fraction of sp³-hybridized carbons (Fsp3) is 0.292. The number of aromatic nitrogens is 2. The second-order valence-electron chi connectivity index (χ2n) is 7.99. The highest BCUT2D eigenvalue weighted by Gasteiger charge is 2.60. The zero-order valence-electron chi connectivity index (χ0n) is 18.1. The van der Waals surface area contributed by atoms with Crippen LogP contribution in [0.15, 0.2) is 48.7 Å². The van der Waals surface area contributed by atoms with Crippen molar-refractivity contribution >= 4 is 11.6 Å². The summed E-state index contributed by atoms with van der Waals surface area (Å²) in [5.74, 6) is -2.50. The number of aryl methyl sites for hydroxylation is 1. The van der Waals surface area contributed by atoms with Gasteiger partial charge in [-0.15, -0.1) is 0 Å². The molecule has 172 valence electrons. The summed E-state index contributed by atoms with van der Waals surface area (Å²) >= 11 is 0. The van der Waals surface area contributed by atoms with E-state index in [4.69, 9.17) is 9.47 Å². The third-order valence-corrected chi connectivity index (χ3v) is 5.69. The zero-order valence-corrected chi connectivity index (χ0v) is 18.1. The highest BCUT2D eigenvalue weighted by molar-refractivity contribution is 5.96. The summed E-state index contributed by atoms with van der Waals surface area (Å²) in [7, 11) is 1.54. The first-order valence-electron chi connectivity index (χ1n) is 10.3. The van der Waals surface area contributed by atoms with E-state index in [0.717, 1.165) is 12.1 Å². The average molecular weight is 457 g/mol. The number of amides is 1. The van der Waals surface area contributed by atoms with Crippen LogP contribution in [0.1, 0.15) is 23.5 Å². The molecule has 33 heavy (non-hydrogen) atoms. The van der Waals surface area contributed by atoms with Crippen molar-refractivity contribution < 1.29 is 27.4 Å². The fourth-order valence-corrected chi connectivity index (χ4v) is 3.89. The number of hydrogen-bond donors (Lipinski definition) is 1. The molecule has 1 fully saturated rings. The molecule has 2 atom stereocenters. The lowest BCUT2D eigenvalue weighted by molar-refractivity contribution is -0.117. The molecule has 0 spiro atoms. The van der Waals surface area contributed by atoms with Gasteiger partial charge in [-0.25, -0.2) is 23.1 Å². The van der Waals surface area contributed by atoms with Crippen molar-refractivity contribution in [3.63, 3.8) is 0 Å². The van der Waals surface area contributed by atoms with Gasteiger partial charge in [-0.2, -0.15) is 0 Å². The van der Waals surface area contributed by atoms with Gasteiger partial charge in [0.05, 0.1) is 25.3 Å². The van der Waals surface area contributed by atoms with Gasteiger partial charge in [-0.1, -0.05) is 12.1 Å². The minimum Gasteiger partial charge on any atom is -0.489 e. The standard InChI is InChI=1S/C24H22F3N3O3/c1-14-28-11-22(21(29-14)12-32-2)33-13-24(15-4-3-5-16(25)8-15)10-18(24)23(31)30-17-6-7-19(26)20(27)9-17/h3-9,11,18H,10,12-13H2,1-2H3,(H,30,31)/t18?,24-/m1/s1. The van der Waals surface area contributed by atoms with E-state index in [9.17, 15) is 18.0 Å². The molecule has 1 aliphatic rings. The molecule has 2 aromatic carbocycles. The number of ether oxygens (including phenoxy) is 2. The van der Waals surface area contributed by atoms with E-state index in [1.54, 1.807) is 19.1 Å². The number of nitrogens with one attached hydrogen (secondary N) is 1. The van der Waals surface area contributed by atoms with Crippen LogP contribution in [-0.4, -0.2) is 29.6 Å². The van der Waals surface area contributed by atoms with E-state index in [1.807, 2.05) is 0 Å². The van der Waals surface area contributed by atoms with Crippen LogP contribution in [0.4, 0.5) is 18.9 Å². The first kappa shape index (κ1) is 22.7.